The summed E-state index contributed by atoms with van der Waals surface area (Å²) in [5, 5.41) is 17.3. The van der Waals surface area contributed by atoms with Crippen LogP contribution < -0.4 is 4.72 Å². The Hall–Kier alpha value is -1.22. The monoisotopic (exact) mass is 287 g/mol. The molecule has 8 heteroatoms. The highest BCUT2D eigenvalue weighted by Crippen LogP contribution is 2.21. The zero-order chi connectivity index (χ0) is 13.2. The van der Waals surface area contributed by atoms with E-state index in [1.165, 1.54) is 17.4 Å². The standard InChI is InChI=1S/C10H13N3O3S2/c1-7-8(4-11-13-7)5-12-18(15,16)10-2-3-17-9(10)6-14/h2-4,12,14H,5-6H2,1H3,(H,11,13). The largest absolute Gasteiger partial charge is 0.391 e. The number of thiophene rings is 1. The van der Waals surface area contributed by atoms with Crippen LogP contribution in [0.3, 0.4) is 0 Å². The van der Waals surface area contributed by atoms with Crippen molar-refractivity contribution in [3.63, 3.8) is 0 Å². The minimum Gasteiger partial charge on any atom is -0.391 e. The van der Waals surface area contributed by atoms with E-state index in [0.29, 0.717) is 4.88 Å². The Morgan fingerprint density at radius 2 is 2.33 bits per heavy atom. The fourth-order valence-electron chi connectivity index (χ4n) is 1.49. The van der Waals surface area contributed by atoms with Gasteiger partial charge < -0.3 is 5.11 Å². The van der Waals surface area contributed by atoms with Crippen molar-refractivity contribution in [2.45, 2.75) is 25.0 Å². The van der Waals surface area contributed by atoms with Crippen LogP contribution in [0, 0.1) is 6.92 Å². The fraction of sp³-hybridized carbons (Fsp3) is 0.300. The molecule has 0 saturated heterocycles. The van der Waals surface area contributed by atoms with E-state index >= 15 is 0 Å². The Bertz CT molecular complexity index is 630. The fourth-order valence-corrected chi connectivity index (χ4v) is 3.79. The number of hydrogen-bond donors (Lipinski definition) is 3. The number of aliphatic hydroxyl groups is 1. The van der Waals surface area contributed by atoms with Crippen molar-refractivity contribution in [1.29, 1.82) is 0 Å². The number of aliphatic hydroxyl groups excluding tert-OH is 1. The number of nitrogens with one attached hydrogen (secondary N) is 2. The Kier molecular flexibility index (Phi) is 3.81. The Labute approximate surface area is 109 Å². The number of H-pyrrole nitrogens is 1. The van der Waals surface area contributed by atoms with Crippen molar-refractivity contribution < 1.29 is 13.5 Å². The maximum Gasteiger partial charge on any atom is 0.242 e. The predicted molar refractivity (Wildman–Crippen MR) is 67.6 cm³/mol. The molecule has 0 spiro atoms. The minimum absolute atomic E-state index is 0.135. The van der Waals surface area contributed by atoms with Crippen LogP contribution in [0.15, 0.2) is 22.5 Å². The molecular weight excluding hydrogens is 274 g/mol. The van der Waals surface area contributed by atoms with E-state index < -0.39 is 10.0 Å². The molecule has 0 aliphatic carbocycles. The molecule has 0 bridgehead atoms. The lowest BCUT2D eigenvalue weighted by atomic mass is 10.3. The average molecular weight is 287 g/mol. The summed E-state index contributed by atoms with van der Waals surface area (Å²) in [4.78, 5) is 0.572. The Morgan fingerprint density at radius 3 is 2.94 bits per heavy atom. The van der Waals surface area contributed by atoms with Gasteiger partial charge in [0.1, 0.15) is 0 Å². The zero-order valence-corrected chi connectivity index (χ0v) is 11.3. The number of hydrogen-bond acceptors (Lipinski definition) is 5. The van der Waals surface area contributed by atoms with Crippen molar-refractivity contribution in [2.75, 3.05) is 0 Å². The van der Waals surface area contributed by atoms with E-state index in [1.807, 2.05) is 6.92 Å². The molecule has 0 radical (unpaired) electrons. The van der Waals surface area contributed by atoms with E-state index in [0.717, 1.165) is 11.3 Å². The van der Waals surface area contributed by atoms with Gasteiger partial charge in [-0.3, -0.25) is 5.10 Å². The molecule has 6 nitrogen and oxygen atoms in total. The van der Waals surface area contributed by atoms with Crippen molar-refractivity contribution in [1.82, 2.24) is 14.9 Å². The molecule has 2 aromatic rings. The van der Waals surface area contributed by atoms with Crippen LogP contribution in [0.2, 0.25) is 0 Å². The van der Waals surface area contributed by atoms with Crippen LogP contribution in [-0.2, 0) is 23.2 Å². The Morgan fingerprint density at radius 1 is 1.56 bits per heavy atom. The summed E-state index contributed by atoms with van der Waals surface area (Å²) < 4.78 is 26.6. The number of nitrogens with zero attached hydrogens (tertiary/aromatic N) is 1. The lowest BCUT2D eigenvalue weighted by Gasteiger charge is -2.06. The maximum absolute atomic E-state index is 12.0. The van der Waals surface area contributed by atoms with Gasteiger partial charge in [-0.05, 0) is 18.4 Å². The number of aromatic nitrogens is 2. The second kappa shape index (κ2) is 5.19. The third kappa shape index (κ3) is 2.61. The molecule has 2 rings (SSSR count). The second-order valence-corrected chi connectivity index (χ2v) is 6.45. The lowest BCUT2D eigenvalue weighted by molar-refractivity contribution is 0.282. The average Bonchev–Trinajstić information content (AvgIpc) is 2.95. The van der Waals surface area contributed by atoms with Gasteiger partial charge in [0.2, 0.25) is 10.0 Å². The van der Waals surface area contributed by atoms with Gasteiger partial charge in [0.25, 0.3) is 0 Å². The van der Waals surface area contributed by atoms with Crippen molar-refractivity contribution in [3.05, 3.63) is 33.8 Å². The van der Waals surface area contributed by atoms with Gasteiger partial charge in [0, 0.05) is 22.7 Å². The van der Waals surface area contributed by atoms with E-state index in [4.69, 9.17) is 5.11 Å². The van der Waals surface area contributed by atoms with Crippen molar-refractivity contribution in [3.8, 4) is 0 Å². The van der Waals surface area contributed by atoms with Gasteiger partial charge in [-0.2, -0.15) is 5.10 Å². The quantitative estimate of drug-likeness (QED) is 0.756. The molecule has 2 heterocycles. The summed E-state index contributed by atoms with van der Waals surface area (Å²) in [5.74, 6) is 0. The molecule has 0 atom stereocenters. The van der Waals surface area contributed by atoms with E-state index in [2.05, 4.69) is 14.9 Å². The van der Waals surface area contributed by atoms with Crippen LogP contribution >= 0.6 is 11.3 Å². The first-order valence-corrected chi connectivity index (χ1v) is 7.56. The SMILES string of the molecule is Cc1[nH]ncc1CNS(=O)(=O)c1ccsc1CO. The van der Waals surface area contributed by atoms with Crippen LogP contribution in [0.1, 0.15) is 16.1 Å². The molecule has 2 aromatic heterocycles. The first-order valence-electron chi connectivity index (χ1n) is 5.20. The molecule has 0 aromatic carbocycles. The third-order valence-corrected chi connectivity index (χ3v) is 5.05. The molecule has 0 saturated carbocycles. The molecule has 0 fully saturated rings. The van der Waals surface area contributed by atoms with Gasteiger partial charge in [0.15, 0.2) is 0 Å². The number of rotatable bonds is 5. The zero-order valence-electron chi connectivity index (χ0n) is 9.67. The van der Waals surface area contributed by atoms with E-state index in [-0.39, 0.29) is 18.0 Å². The van der Waals surface area contributed by atoms with Crippen molar-refractivity contribution in [2.24, 2.45) is 0 Å². The molecule has 0 aliphatic heterocycles. The first-order chi connectivity index (χ1) is 8.54. The molecule has 18 heavy (non-hydrogen) atoms. The molecular formula is C10H13N3O3S2. The smallest absolute Gasteiger partial charge is 0.242 e. The minimum atomic E-state index is -3.59. The summed E-state index contributed by atoms with van der Waals surface area (Å²) in [7, 11) is -3.59. The predicted octanol–water partition coefficient (Wildman–Crippen LogP) is 0.750. The van der Waals surface area contributed by atoms with Gasteiger partial charge in [-0.25, -0.2) is 13.1 Å². The van der Waals surface area contributed by atoms with Crippen LogP contribution in [0.4, 0.5) is 0 Å². The van der Waals surface area contributed by atoms with E-state index in [9.17, 15) is 8.42 Å². The summed E-state index contributed by atoms with van der Waals surface area (Å²) in [6, 6.07) is 1.49. The van der Waals surface area contributed by atoms with Gasteiger partial charge >= 0.3 is 0 Å². The highest BCUT2D eigenvalue weighted by molar-refractivity contribution is 7.89. The number of aromatic amines is 1. The molecule has 3 N–H and O–H groups in total. The van der Waals surface area contributed by atoms with Gasteiger partial charge in [-0.15, -0.1) is 11.3 Å². The number of aryl methyl sites for hydroxylation is 1. The summed E-state index contributed by atoms with van der Waals surface area (Å²) in [6.07, 6.45) is 1.58. The maximum atomic E-state index is 12.0. The van der Waals surface area contributed by atoms with Gasteiger partial charge in [-0.1, -0.05) is 0 Å². The van der Waals surface area contributed by atoms with Crippen molar-refractivity contribution >= 4 is 21.4 Å². The molecule has 98 valence electrons. The number of sulfonamides is 1. The van der Waals surface area contributed by atoms with E-state index in [1.54, 1.807) is 11.6 Å². The highest BCUT2D eigenvalue weighted by Gasteiger charge is 2.19. The summed E-state index contributed by atoms with van der Waals surface area (Å²) >= 11 is 1.22. The lowest BCUT2D eigenvalue weighted by Crippen LogP contribution is -2.23. The van der Waals surface area contributed by atoms with Crippen LogP contribution in [-0.4, -0.2) is 23.7 Å². The normalized spacial score (nSPS) is 11.9. The Balaban J connectivity index is 2.16. The summed E-state index contributed by atoms with van der Waals surface area (Å²) in [6.45, 7) is 1.71. The van der Waals surface area contributed by atoms with Gasteiger partial charge in [0.05, 0.1) is 17.7 Å². The molecule has 0 unspecified atom stereocenters. The molecule has 0 aliphatic rings. The topological polar surface area (TPSA) is 95.1 Å². The van der Waals surface area contributed by atoms with Crippen LogP contribution in [0.5, 0.6) is 0 Å². The highest BCUT2D eigenvalue weighted by atomic mass is 32.2. The van der Waals surface area contributed by atoms with Crippen LogP contribution in [0.25, 0.3) is 0 Å². The molecule has 0 amide bonds. The third-order valence-electron chi connectivity index (χ3n) is 2.52. The first kappa shape index (κ1) is 13.2. The second-order valence-electron chi connectivity index (χ2n) is 3.71. The summed E-state index contributed by atoms with van der Waals surface area (Å²) in [5.41, 5.74) is 1.62.